The van der Waals surface area contributed by atoms with Crippen LogP contribution in [0.15, 0.2) is 59.4 Å². The number of methoxy groups -OCH3 is 4. The number of carbonyl (C=O) groups is 2. The van der Waals surface area contributed by atoms with Crippen LogP contribution in [0, 0.1) is 0 Å². The predicted octanol–water partition coefficient (Wildman–Crippen LogP) is 5.50. The fourth-order valence-electron chi connectivity index (χ4n) is 4.64. The van der Waals surface area contributed by atoms with Crippen LogP contribution in [0.5, 0.6) is 23.0 Å². The van der Waals surface area contributed by atoms with Crippen LogP contribution in [0.2, 0.25) is 0 Å². The largest absolute Gasteiger partial charge is 0.508 e. The molecule has 4 rings (SSSR count). The molecule has 232 valence electrons. The van der Waals surface area contributed by atoms with Gasteiger partial charge in [-0.3, -0.25) is 14.7 Å². The Morgan fingerprint density at radius 2 is 1.50 bits per heavy atom. The van der Waals surface area contributed by atoms with Gasteiger partial charge >= 0.3 is 12.1 Å². The number of fused-ring (bicyclic) bond motifs is 1. The fraction of sp³-hybridized carbons (Fsp3) is 0.281. The minimum atomic E-state index is -0.862. The summed E-state index contributed by atoms with van der Waals surface area (Å²) in [4.78, 5) is 40.1. The molecule has 1 aromatic heterocycles. The first kappa shape index (κ1) is 31.7. The summed E-state index contributed by atoms with van der Waals surface area (Å²) in [5.41, 5.74) is -0.0608. The average molecular weight is 607 g/mol. The molecule has 2 N–H and O–H groups in total. The Labute approximate surface area is 253 Å². The molecular weight excluding hydrogens is 572 g/mol. The Kier molecular flexibility index (Phi) is 9.34. The van der Waals surface area contributed by atoms with Crippen molar-refractivity contribution in [3.05, 3.63) is 70.6 Å². The molecule has 12 nitrogen and oxygen atoms in total. The number of phenols is 1. The summed E-state index contributed by atoms with van der Waals surface area (Å²) in [6.07, 6.45) is -0.655. The van der Waals surface area contributed by atoms with Crippen LogP contribution in [0.3, 0.4) is 0 Å². The molecular formula is C32H34N2O10. The first-order chi connectivity index (χ1) is 20.9. The highest BCUT2D eigenvalue weighted by Crippen LogP contribution is 2.44. The van der Waals surface area contributed by atoms with Gasteiger partial charge in [0.1, 0.15) is 17.0 Å². The number of hydrogen-bond donors (Lipinski definition) is 2. The van der Waals surface area contributed by atoms with E-state index in [0.29, 0.717) is 33.9 Å². The van der Waals surface area contributed by atoms with Crippen molar-refractivity contribution >= 4 is 28.5 Å². The van der Waals surface area contributed by atoms with E-state index in [1.54, 1.807) is 57.2 Å². The van der Waals surface area contributed by atoms with Crippen molar-refractivity contribution in [3.8, 4) is 39.8 Å². The van der Waals surface area contributed by atoms with Gasteiger partial charge in [0.2, 0.25) is 5.75 Å². The van der Waals surface area contributed by atoms with E-state index in [1.807, 2.05) is 0 Å². The summed E-state index contributed by atoms with van der Waals surface area (Å²) in [6.45, 7) is 4.86. The smallest absolute Gasteiger partial charge is 0.412 e. The van der Waals surface area contributed by atoms with Crippen LogP contribution in [-0.2, 0) is 14.2 Å². The molecule has 0 saturated carbocycles. The molecule has 1 amide bonds. The normalized spacial score (nSPS) is 11.2. The van der Waals surface area contributed by atoms with Gasteiger partial charge in [0.15, 0.2) is 18.3 Å². The lowest BCUT2D eigenvalue weighted by Crippen LogP contribution is -2.28. The number of rotatable bonds is 9. The van der Waals surface area contributed by atoms with Crippen LogP contribution in [0.4, 0.5) is 10.5 Å². The van der Waals surface area contributed by atoms with Crippen molar-refractivity contribution in [3.63, 3.8) is 0 Å². The van der Waals surface area contributed by atoms with Gasteiger partial charge in [0.25, 0.3) is 5.56 Å². The Bertz CT molecular complexity index is 1730. The summed E-state index contributed by atoms with van der Waals surface area (Å²) in [7, 11) is 5.74. The maximum Gasteiger partial charge on any atom is 0.412 e. The molecule has 0 radical (unpaired) electrons. The number of carbonyl (C=O) groups excluding carboxylic acids is 2. The maximum absolute atomic E-state index is 14.1. The van der Waals surface area contributed by atoms with Gasteiger partial charge in [-0.25, -0.2) is 9.59 Å². The van der Waals surface area contributed by atoms with E-state index < -0.39 is 23.2 Å². The van der Waals surface area contributed by atoms with Crippen molar-refractivity contribution in [2.45, 2.75) is 26.4 Å². The van der Waals surface area contributed by atoms with E-state index in [9.17, 15) is 19.5 Å². The van der Waals surface area contributed by atoms with E-state index in [4.69, 9.17) is 28.4 Å². The second-order valence-corrected chi connectivity index (χ2v) is 10.5. The Morgan fingerprint density at radius 1 is 0.864 bits per heavy atom. The number of aromatic nitrogens is 1. The highest BCUT2D eigenvalue weighted by atomic mass is 16.7. The highest BCUT2D eigenvalue weighted by molar-refractivity contribution is 6.08. The summed E-state index contributed by atoms with van der Waals surface area (Å²) in [5.74, 6) is -0.0755. The van der Waals surface area contributed by atoms with Crippen molar-refractivity contribution in [2.24, 2.45) is 0 Å². The maximum atomic E-state index is 14.1. The van der Waals surface area contributed by atoms with Crippen LogP contribution in [0.1, 0.15) is 31.3 Å². The third-order valence-electron chi connectivity index (χ3n) is 6.39. The van der Waals surface area contributed by atoms with Gasteiger partial charge in [-0.1, -0.05) is 0 Å². The van der Waals surface area contributed by atoms with Crippen molar-refractivity contribution in [1.29, 1.82) is 0 Å². The van der Waals surface area contributed by atoms with Crippen LogP contribution >= 0.6 is 0 Å². The Balaban J connectivity index is 2.04. The molecule has 0 saturated heterocycles. The van der Waals surface area contributed by atoms with Crippen molar-refractivity contribution in [1.82, 2.24) is 4.57 Å². The molecule has 0 fully saturated rings. The molecule has 1 heterocycles. The second kappa shape index (κ2) is 13.0. The lowest BCUT2D eigenvalue weighted by atomic mass is 9.95. The Hall–Kier alpha value is -5.23. The molecule has 0 spiro atoms. The lowest BCUT2D eigenvalue weighted by Gasteiger charge is -2.21. The number of phenolic OH excluding ortho intramolecular Hbond substituents is 1. The van der Waals surface area contributed by atoms with E-state index in [-0.39, 0.29) is 34.9 Å². The van der Waals surface area contributed by atoms with E-state index in [1.165, 1.54) is 51.2 Å². The van der Waals surface area contributed by atoms with Crippen LogP contribution in [-0.4, -0.2) is 62.6 Å². The summed E-state index contributed by atoms with van der Waals surface area (Å²) < 4.78 is 33.4. The molecule has 3 aromatic carbocycles. The Morgan fingerprint density at radius 3 is 2.05 bits per heavy atom. The van der Waals surface area contributed by atoms with Gasteiger partial charge in [0.05, 0.1) is 26.7 Å². The number of hydrogen-bond acceptors (Lipinski definition) is 10. The molecule has 0 bridgehead atoms. The SMILES string of the molecule is COCOC(=O)c1c(-c2cc(OC)c(OC)c(OC)c2)c2ccc(O)cc2c(=O)n1-c1ccc(NC(=O)OC(C)(C)C)cc1. The number of ether oxygens (including phenoxy) is 6. The lowest BCUT2D eigenvalue weighted by molar-refractivity contribution is -0.0131. The number of aromatic hydroxyl groups is 1. The minimum Gasteiger partial charge on any atom is -0.508 e. The molecule has 4 aromatic rings. The number of anilines is 1. The van der Waals surface area contributed by atoms with Crippen molar-refractivity contribution < 1.29 is 43.1 Å². The van der Waals surface area contributed by atoms with Crippen LogP contribution < -0.4 is 25.1 Å². The summed E-state index contributed by atoms with van der Waals surface area (Å²) in [6, 6.07) is 13.8. The zero-order chi connectivity index (χ0) is 32.2. The monoisotopic (exact) mass is 606 g/mol. The molecule has 0 aliphatic heterocycles. The number of nitrogens with one attached hydrogen (secondary N) is 1. The van der Waals surface area contributed by atoms with Gasteiger partial charge in [-0.05, 0) is 86.3 Å². The minimum absolute atomic E-state index is 0.119. The topological polar surface area (TPSA) is 144 Å². The summed E-state index contributed by atoms with van der Waals surface area (Å²) in [5, 5.41) is 13.5. The van der Waals surface area contributed by atoms with Gasteiger partial charge in [-0.2, -0.15) is 0 Å². The van der Waals surface area contributed by atoms with Crippen LogP contribution in [0.25, 0.3) is 27.6 Å². The van der Waals surface area contributed by atoms with E-state index in [0.717, 1.165) is 0 Å². The van der Waals surface area contributed by atoms with Crippen molar-refractivity contribution in [2.75, 3.05) is 40.5 Å². The third kappa shape index (κ3) is 6.55. The van der Waals surface area contributed by atoms with E-state index in [2.05, 4.69) is 5.32 Å². The van der Waals surface area contributed by atoms with Gasteiger partial charge in [-0.15, -0.1) is 0 Å². The third-order valence-corrected chi connectivity index (χ3v) is 6.39. The molecule has 0 aliphatic carbocycles. The first-order valence-electron chi connectivity index (χ1n) is 13.4. The summed E-state index contributed by atoms with van der Waals surface area (Å²) >= 11 is 0. The number of pyridine rings is 1. The number of benzene rings is 3. The average Bonchev–Trinajstić information content (AvgIpc) is 2.98. The van der Waals surface area contributed by atoms with Gasteiger partial charge < -0.3 is 33.5 Å². The zero-order valence-corrected chi connectivity index (χ0v) is 25.5. The zero-order valence-electron chi connectivity index (χ0n) is 25.5. The van der Waals surface area contributed by atoms with Gasteiger partial charge in [0, 0.05) is 24.0 Å². The predicted molar refractivity (Wildman–Crippen MR) is 163 cm³/mol. The number of nitrogens with zero attached hydrogens (tertiary/aromatic N) is 1. The quantitative estimate of drug-likeness (QED) is 0.185. The molecule has 0 aliphatic rings. The van der Waals surface area contributed by atoms with E-state index >= 15 is 0 Å². The standard InChI is InChI=1S/C32H34N2O10/c1-32(2,3)44-31(38)33-19-8-10-20(11-9-19)34-27(30(37)43-17-39-4)26(22-13-12-21(35)16-23(22)29(34)36)18-14-24(40-5)28(42-7)25(15-18)41-6/h8-16,35H,17H2,1-7H3,(H,33,38). The fourth-order valence-corrected chi connectivity index (χ4v) is 4.64. The molecule has 0 unspecified atom stereocenters. The second-order valence-electron chi connectivity index (χ2n) is 10.5. The number of amides is 1. The first-order valence-corrected chi connectivity index (χ1v) is 13.4. The molecule has 44 heavy (non-hydrogen) atoms. The number of esters is 1. The highest BCUT2D eigenvalue weighted by Gasteiger charge is 2.28. The molecule has 12 heteroatoms. The molecule has 0 atom stereocenters.